The number of nitrogens with one attached hydrogen (secondary N) is 1. The summed E-state index contributed by atoms with van der Waals surface area (Å²) in [5.41, 5.74) is 4.51. The van der Waals surface area contributed by atoms with Crippen molar-refractivity contribution < 1.29 is 27.7 Å². The van der Waals surface area contributed by atoms with Gasteiger partial charge >= 0.3 is 11.4 Å². The van der Waals surface area contributed by atoms with Gasteiger partial charge in [0.15, 0.2) is 5.82 Å². The van der Waals surface area contributed by atoms with Crippen LogP contribution < -0.4 is 21.5 Å². The second kappa shape index (κ2) is 16.3. The van der Waals surface area contributed by atoms with Crippen molar-refractivity contribution in [2.75, 3.05) is 39.2 Å². The van der Waals surface area contributed by atoms with Gasteiger partial charge in [0.25, 0.3) is 5.91 Å². The number of methoxy groups -OCH3 is 1. The molecule has 1 saturated carbocycles. The molecule has 6 heterocycles. The average Bonchev–Trinajstić information content (AvgIpc) is 3.82. The molecule has 0 spiro atoms. The Hall–Kier alpha value is -6.25. The zero-order valence-electron chi connectivity index (χ0n) is 38.3. The molecule has 15 nitrogen and oxygen atoms in total. The molecule has 7 aromatic rings. The zero-order chi connectivity index (χ0) is 46.4. The molecule has 17 heteroatoms. The highest BCUT2D eigenvalue weighted by Crippen LogP contribution is 2.56. The van der Waals surface area contributed by atoms with Gasteiger partial charge in [0.05, 0.1) is 35.5 Å². The summed E-state index contributed by atoms with van der Waals surface area (Å²) in [4.78, 5) is 47.4. The molecule has 3 atom stereocenters. The van der Waals surface area contributed by atoms with Crippen molar-refractivity contribution in [3.63, 3.8) is 0 Å². The fraction of sp³-hybridized carbons (Fsp3) is 0.408. The van der Waals surface area contributed by atoms with Crippen LogP contribution in [0.1, 0.15) is 103 Å². The van der Waals surface area contributed by atoms with Gasteiger partial charge in [0, 0.05) is 73.4 Å². The van der Waals surface area contributed by atoms with Crippen LogP contribution in [0.5, 0.6) is 5.75 Å². The molecule has 1 saturated heterocycles. The van der Waals surface area contributed by atoms with Gasteiger partial charge in [0.1, 0.15) is 35.8 Å². The number of hydrogen-bond acceptors (Lipinski definition) is 9. The Labute approximate surface area is 380 Å². The van der Waals surface area contributed by atoms with Crippen LogP contribution in [0.4, 0.5) is 4.39 Å². The van der Waals surface area contributed by atoms with Gasteiger partial charge in [-0.3, -0.25) is 23.4 Å². The SMILES string of the molecule is CCP(=O)(CC)c1ccc(-n2ccn(-c3c4c(nn3-c3cc(C)c(F)c(C)c3)CCN(C(=O)c3cc5cc(C6CCOCC6)ccc5n3C3(c5noc(=O)[nH]5)CC3C)C4C)c2=O)cc1OC. The van der Waals surface area contributed by atoms with E-state index < -0.39 is 30.2 Å². The second-order valence-electron chi connectivity index (χ2n) is 18.2. The molecule has 4 aromatic heterocycles. The fourth-order valence-electron chi connectivity index (χ4n) is 10.7. The third kappa shape index (κ3) is 6.77. The lowest BCUT2D eigenvalue weighted by Crippen LogP contribution is -2.41. The number of fused-ring (bicyclic) bond motifs is 2. The molecule has 10 rings (SSSR count). The van der Waals surface area contributed by atoms with E-state index in [4.69, 9.17) is 19.1 Å². The van der Waals surface area contributed by atoms with Crippen LogP contribution in [0.3, 0.4) is 0 Å². The lowest BCUT2D eigenvalue weighted by molar-refractivity contribution is 0.0663. The highest BCUT2D eigenvalue weighted by molar-refractivity contribution is 7.71. The number of nitrogens with zero attached hydrogens (tertiary/aromatic N) is 7. The molecular weight excluding hydrogens is 863 g/mol. The largest absolute Gasteiger partial charge is 0.496 e. The van der Waals surface area contributed by atoms with E-state index in [1.54, 1.807) is 61.3 Å². The quantitative estimate of drug-likeness (QED) is 0.128. The number of aromatic amines is 1. The van der Waals surface area contributed by atoms with Gasteiger partial charge < -0.3 is 23.5 Å². The van der Waals surface area contributed by atoms with E-state index in [0.29, 0.717) is 113 Å². The van der Waals surface area contributed by atoms with Crippen molar-refractivity contribution in [3.05, 3.63) is 133 Å². The van der Waals surface area contributed by atoms with E-state index in [2.05, 4.69) is 35.3 Å². The summed E-state index contributed by atoms with van der Waals surface area (Å²) < 4.78 is 52.2. The minimum atomic E-state index is -2.71. The Morgan fingerprint density at radius 3 is 2.33 bits per heavy atom. The number of imidazole rings is 1. The van der Waals surface area contributed by atoms with Crippen LogP contribution in [0.15, 0.2) is 81.1 Å². The first-order valence-corrected chi connectivity index (χ1v) is 24.9. The third-order valence-corrected chi connectivity index (χ3v) is 17.8. The molecule has 2 fully saturated rings. The molecule has 3 aromatic carbocycles. The van der Waals surface area contributed by atoms with Crippen LogP contribution in [-0.2, 0) is 21.3 Å². The number of hydrogen-bond donors (Lipinski definition) is 1. The fourth-order valence-corrected chi connectivity index (χ4v) is 12.7. The predicted molar refractivity (Wildman–Crippen MR) is 249 cm³/mol. The number of halogens is 1. The Kier molecular flexibility index (Phi) is 10.8. The summed E-state index contributed by atoms with van der Waals surface area (Å²) >= 11 is 0. The molecule has 1 N–H and O–H groups in total. The Morgan fingerprint density at radius 1 is 0.970 bits per heavy atom. The molecule has 1 aliphatic carbocycles. The molecular formula is C49H54FN8O7P. The van der Waals surface area contributed by atoms with E-state index in [1.807, 2.05) is 36.3 Å². The van der Waals surface area contributed by atoms with Crippen molar-refractivity contribution in [2.24, 2.45) is 5.92 Å². The van der Waals surface area contributed by atoms with Crippen molar-refractivity contribution in [1.82, 2.24) is 38.5 Å². The normalized spacial score (nSPS) is 20.0. The topological polar surface area (TPSA) is 164 Å². The monoisotopic (exact) mass is 916 g/mol. The highest BCUT2D eigenvalue weighted by Gasteiger charge is 2.59. The van der Waals surface area contributed by atoms with Gasteiger partial charge in [-0.15, -0.1) is 0 Å². The molecule has 3 unspecified atom stereocenters. The summed E-state index contributed by atoms with van der Waals surface area (Å²) in [6.07, 6.45) is 7.11. The maximum atomic E-state index is 15.5. The standard InChI is InChI=1S/C49H54FN8O7P/c1-8-66(62,9-2)41-13-11-35(26-40(41)63-7)55-18-19-56(48(55)61)44-42-31(6)54(17-14-37(42)52-58(44)36-22-28(3)43(50)29(4)23-36)45(59)39-25-34-24-33(32-15-20-64-21-16-32)10-12-38(34)57(39)49(27-30(49)5)46-51-47(60)65-53-46/h10-13,18-19,22-26,30-32H,8-9,14-17,20-21,27H2,1-7H3,(H,51,53,60). The van der Waals surface area contributed by atoms with Crippen molar-refractivity contribution in [1.29, 1.82) is 0 Å². The molecule has 3 aliphatic rings. The second-order valence-corrected chi connectivity index (χ2v) is 21.7. The first-order chi connectivity index (χ1) is 31.7. The molecule has 2 aliphatic heterocycles. The number of amides is 1. The van der Waals surface area contributed by atoms with Crippen LogP contribution in [-0.4, -0.2) is 83.6 Å². The van der Waals surface area contributed by atoms with Crippen molar-refractivity contribution in [3.8, 4) is 22.9 Å². The minimum absolute atomic E-state index is 0.0169. The van der Waals surface area contributed by atoms with Gasteiger partial charge in [-0.05, 0) is 111 Å². The van der Waals surface area contributed by atoms with Crippen LogP contribution in [0.2, 0.25) is 0 Å². The van der Waals surface area contributed by atoms with Gasteiger partial charge in [-0.1, -0.05) is 32.0 Å². The smallest absolute Gasteiger partial charge is 0.438 e. The van der Waals surface area contributed by atoms with Crippen LogP contribution in [0.25, 0.3) is 28.1 Å². The van der Waals surface area contributed by atoms with E-state index in [1.165, 1.54) is 21.8 Å². The average molecular weight is 917 g/mol. The lowest BCUT2D eigenvalue weighted by atomic mass is 9.91. The number of ether oxygens (including phenoxy) is 2. The summed E-state index contributed by atoms with van der Waals surface area (Å²) in [5.74, 6) is 0.345. The van der Waals surface area contributed by atoms with Crippen LogP contribution in [0, 0.1) is 25.6 Å². The minimum Gasteiger partial charge on any atom is -0.496 e. The zero-order valence-corrected chi connectivity index (χ0v) is 39.2. The molecule has 0 radical (unpaired) electrons. The number of aryl methyl sites for hydroxylation is 2. The Balaban J connectivity index is 1.11. The van der Waals surface area contributed by atoms with Crippen molar-refractivity contribution in [2.45, 2.75) is 84.7 Å². The van der Waals surface area contributed by atoms with E-state index in [9.17, 15) is 14.2 Å². The van der Waals surface area contributed by atoms with E-state index in [0.717, 1.165) is 23.7 Å². The predicted octanol–water partition coefficient (Wildman–Crippen LogP) is 7.67. The molecule has 344 valence electrons. The van der Waals surface area contributed by atoms with Crippen LogP contribution >= 0.6 is 7.14 Å². The first-order valence-electron chi connectivity index (χ1n) is 22.8. The van der Waals surface area contributed by atoms with E-state index in [-0.39, 0.29) is 17.6 Å². The first kappa shape index (κ1) is 43.6. The van der Waals surface area contributed by atoms with Gasteiger partial charge in [0.2, 0.25) is 0 Å². The van der Waals surface area contributed by atoms with E-state index >= 15 is 9.18 Å². The van der Waals surface area contributed by atoms with Gasteiger partial charge in [-0.25, -0.2) is 18.7 Å². The van der Waals surface area contributed by atoms with Crippen molar-refractivity contribution >= 4 is 29.3 Å². The maximum Gasteiger partial charge on any atom is 0.438 e. The Morgan fingerprint density at radius 2 is 1.68 bits per heavy atom. The number of carbonyl (C=O) groups is 1. The number of rotatable bonds is 11. The molecule has 66 heavy (non-hydrogen) atoms. The molecule has 0 bridgehead atoms. The number of carbonyl (C=O) groups excluding carboxylic acids is 1. The molecule has 1 amide bonds. The summed E-state index contributed by atoms with van der Waals surface area (Å²) in [6, 6.07) is 16.4. The van der Waals surface area contributed by atoms with Gasteiger partial charge in [-0.2, -0.15) is 5.10 Å². The maximum absolute atomic E-state index is 15.5. The summed E-state index contributed by atoms with van der Waals surface area (Å²) in [6.45, 7) is 12.9. The number of H-pyrrole nitrogens is 1. The summed E-state index contributed by atoms with van der Waals surface area (Å²) in [5, 5.41) is 10.8. The Bertz CT molecular complexity index is 3210. The summed E-state index contributed by atoms with van der Waals surface area (Å²) in [7, 11) is -1.18. The number of aromatic nitrogens is 7. The highest BCUT2D eigenvalue weighted by atomic mass is 31.2. The third-order valence-electron chi connectivity index (χ3n) is 14.5. The number of benzene rings is 3. The lowest BCUT2D eigenvalue weighted by Gasteiger charge is -2.34.